The summed E-state index contributed by atoms with van der Waals surface area (Å²) in [6.45, 7) is 2.21. The van der Waals surface area contributed by atoms with Crippen molar-refractivity contribution in [2.24, 2.45) is 0 Å². The zero-order valence-corrected chi connectivity index (χ0v) is 11.3. The molecule has 0 saturated carbocycles. The number of carbonyl (C=O) groups is 1. The van der Waals surface area contributed by atoms with Gasteiger partial charge in [-0.05, 0) is 40.5 Å². The Hall–Kier alpha value is -0.520. The van der Waals surface area contributed by atoms with Crippen LogP contribution in [0.4, 0.5) is 0 Å². The van der Waals surface area contributed by atoms with Crippen LogP contribution >= 0.6 is 27.7 Å². The summed E-state index contributed by atoms with van der Waals surface area (Å²) in [6.07, 6.45) is 0. The Labute approximate surface area is 107 Å². The summed E-state index contributed by atoms with van der Waals surface area (Å²) < 4.78 is 5.72. The molecular formula is C11H13BrO3S. The van der Waals surface area contributed by atoms with Crippen molar-refractivity contribution in [2.45, 2.75) is 18.4 Å². The van der Waals surface area contributed by atoms with Gasteiger partial charge in [0.15, 0.2) is 0 Å². The van der Waals surface area contributed by atoms with Gasteiger partial charge in [-0.25, -0.2) is 0 Å². The highest BCUT2D eigenvalue weighted by molar-refractivity contribution is 9.10. The van der Waals surface area contributed by atoms with Crippen LogP contribution in [0.25, 0.3) is 0 Å². The van der Waals surface area contributed by atoms with E-state index in [1.54, 1.807) is 6.92 Å². The molecule has 1 aromatic carbocycles. The van der Waals surface area contributed by atoms with Gasteiger partial charge in [0.05, 0.1) is 19.0 Å². The minimum atomic E-state index is -0.217. The van der Waals surface area contributed by atoms with Crippen molar-refractivity contribution in [2.75, 3.05) is 12.4 Å². The molecule has 1 rings (SSSR count). The first-order chi connectivity index (χ1) is 7.67. The lowest BCUT2D eigenvalue weighted by atomic mass is 10.2. The number of halogens is 1. The largest absolute Gasteiger partial charge is 0.465 e. The average molecular weight is 305 g/mol. The fraction of sp³-hybridized carbons (Fsp3) is 0.364. The van der Waals surface area contributed by atoms with Gasteiger partial charge in [-0.15, -0.1) is 11.8 Å². The molecule has 1 aromatic rings. The first-order valence-electron chi connectivity index (χ1n) is 4.85. The summed E-state index contributed by atoms with van der Waals surface area (Å²) in [6, 6.07) is 5.55. The van der Waals surface area contributed by atoms with Gasteiger partial charge in [0.1, 0.15) is 0 Å². The van der Waals surface area contributed by atoms with Crippen LogP contribution in [-0.2, 0) is 16.1 Å². The van der Waals surface area contributed by atoms with Crippen LogP contribution in [0.3, 0.4) is 0 Å². The molecule has 0 aliphatic carbocycles. The molecule has 3 nitrogen and oxygen atoms in total. The van der Waals surface area contributed by atoms with Crippen LogP contribution in [0.15, 0.2) is 27.6 Å². The number of aliphatic hydroxyl groups excluding tert-OH is 1. The Bertz CT molecular complexity index is 368. The van der Waals surface area contributed by atoms with Crippen LogP contribution in [0.1, 0.15) is 12.5 Å². The van der Waals surface area contributed by atoms with Crippen molar-refractivity contribution in [3.63, 3.8) is 0 Å². The molecule has 0 bridgehead atoms. The van der Waals surface area contributed by atoms with Gasteiger partial charge in [0.25, 0.3) is 0 Å². The van der Waals surface area contributed by atoms with Crippen LogP contribution in [0, 0.1) is 0 Å². The molecule has 0 aromatic heterocycles. The second-order valence-electron chi connectivity index (χ2n) is 3.02. The Kier molecular flexibility index (Phi) is 5.87. The van der Waals surface area contributed by atoms with E-state index >= 15 is 0 Å². The third-order valence-electron chi connectivity index (χ3n) is 1.83. The SMILES string of the molecule is CCOC(=O)CSc1ccc(CO)cc1Br. The van der Waals surface area contributed by atoms with E-state index in [2.05, 4.69) is 15.9 Å². The lowest BCUT2D eigenvalue weighted by Gasteiger charge is -2.05. The normalized spacial score (nSPS) is 10.2. The molecule has 0 unspecified atom stereocenters. The summed E-state index contributed by atoms with van der Waals surface area (Å²) in [5.74, 6) is 0.0795. The molecule has 0 saturated heterocycles. The molecule has 16 heavy (non-hydrogen) atoms. The van der Waals surface area contributed by atoms with Gasteiger partial charge >= 0.3 is 5.97 Å². The summed E-state index contributed by atoms with van der Waals surface area (Å²) in [7, 11) is 0. The van der Waals surface area contributed by atoms with Crippen LogP contribution in [-0.4, -0.2) is 23.4 Å². The van der Waals surface area contributed by atoms with Crippen molar-refractivity contribution in [3.8, 4) is 0 Å². The molecule has 0 atom stereocenters. The fourth-order valence-electron chi connectivity index (χ4n) is 1.10. The molecule has 88 valence electrons. The van der Waals surface area contributed by atoms with E-state index in [0.717, 1.165) is 14.9 Å². The predicted octanol–water partition coefficient (Wildman–Crippen LogP) is 2.60. The van der Waals surface area contributed by atoms with Gasteiger partial charge in [-0.3, -0.25) is 4.79 Å². The molecule has 0 heterocycles. The van der Waals surface area contributed by atoms with E-state index in [9.17, 15) is 4.79 Å². The molecule has 0 aliphatic heterocycles. The Morgan fingerprint density at radius 3 is 2.88 bits per heavy atom. The van der Waals surface area contributed by atoms with Crippen LogP contribution < -0.4 is 0 Å². The number of aliphatic hydroxyl groups is 1. The van der Waals surface area contributed by atoms with Crippen molar-refractivity contribution in [1.82, 2.24) is 0 Å². The van der Waals surface area contributed by atoms with E-state index in [4.69, 9.17) is 9.84 Å². The van der Waals surface area contributed by atoms with E-state index < -0.39 is 0 Å². The van der Waals surface area contributed by atoms with Gasteiger partial charge in [-0.2, -0.15) is 0 Å². The second kappa shape index (κ2) is 6.93. The maximum atomic E-state index is 11.2. The number of hydrogen-bond acceptors (Lipinski definition) is 4. The lowest BCUT2D eigenvalue weighted by Crippen LogP contribution is -2.06. The molecular weight excluding hydrogens is 292 g/mol. The number of benzene rings is 1. The summed E-state index contributed by atoms with van der Waals surface area (Å²) in [4.78, 5) is 12.1. The van der Waals surface area contributed by atoms with E-state index in [0.29, 0.717) is 12.4 Å². The van der Waals surface area contributed by atoms with E-state index in [1.807, 2.05) is 18.2 Å². The highest BCUT2D eigenvalue weighted by Crippen LogP contribution is 2.28. The Morgan fingerprint density at radius 1 is 1.56 bits per heavy atom. The molecule has 0 aliphatic rings. The fourth-order valence-corrected chi connectivity index (χ4v) is 2.59. The van der Waals surface area contributed by atoms with Gasteiger partial charge in [0.2, 0.25) is 0 Å². The number of thioether (sulfide) groups is 1. The first-order valence-corrected chi connectivity index (χ1v) is 6.63. The third kappa shape index (κ3) is 4.15. The molecule has 0 fully saturated rings. The van der Waals surface area contributed by atoms with Crippen LogP contribution in [0.2, 0.25) is 0 Å². The third-order valence-corrected chi connectivity index (χ3v) is 3.80. The highest BCUT2D eigenvalue weighted by Gasteiger charge is 2.06. The second-order valence-corrected chi connectivity index (χ2v) is 4.89. The number of hydrogen-bond donors (Lipinski definition) is 1. The van der Waals surface area contributed by atoms with Gasteiger partial charge in [-0.1, -0.05) is 6.07 Å². The monoisotopic (exact) mass is 304 g/mol. The average Bonchev–Trinajstić information content (AvgIpc) is 2.27. The molecule has 1 N–H and O–H groups in total. The van der Waals surface area contributed by atoms with Crippen molar-refractivity contribution < 1.29 is 14.6 Å². The first kappa shape index (κ1) is 13.5. The Balaban J connectivity index is 2.57. The lowest BCUT2D eigenvalue weighted by molar-refractivity contribution is -0.139. The highest BCUT2D eigenvalue weighted by atomic mass is 79.9. The Morgan fingerprint density at radius 2 is 2.31 bits per heavy atom. The van der Waals surface area contributed by atoms with Gasteiger partial charge < -0.3 is 9.84 Å². The minimum Gasteiger partial charge on any atom is -0.465 e. The predicted molar refractivity (Wildman–Crippen MR) is 67.4 cm³/mol. The minimum absolute atomic E-state index is 0.0153. The standard InChI is InChI=1S/C11H13BrO3S/c1-2-15-11(14)7-16-10-4-3-8(6-13)5-9(10)12/h3-5,13H,2,6-7H2,1H3. The summed E-state index contributed by atoms with van der Waals surface area (Å²) >= 11 is 4.80. The molecule has 0 spiro atoms. The van der Waals surface area contributed by atoms with Crippen molar-refractivity contribution in [1.29, 1.82) is 0 Å². The van der Waals surface area contributed by atoms with Crippen LogP contribution in [0.5, 0.6) is 0 Å². The molecule has 5 heteroatoms. The maximum Gasteiger partial charge on any atom is 0.316 e. The van der Waals surface area contributed by atoms with Crippen molar-refractivity contribution >= 4 is 33.7 Å². The zero-order valence-electron chi connectivity index (χ0n) is 8.90. The van der Waals surface area contributed by atoms with Crippen molar-refractivity contribution in [3.05, 3.63) is 28.2 Å². The number of rotatable bonds is 5. The topological polar surface area (TPSA) is 46.5 Å². The van der Waals surface area contributed by atoms with E-state index in [-0.39, 0.29) is 12.6 Å². The maximum absolute atomic E-state index is 11.2. The quantitative estimate of drug-likeness (QED) is 0.671. The summed E-state index contributed by atoms with van der Waals surface area (Å²) in [5, 5.41) is 8.94. The van der Waals surface area contributed by atoms with Gasteiger partial charge in [0, 0.05) is 9.37 Å². The van der Waals surface area contributed by atoms with E-state index in [1.165, 1.54) is 11.8 Å². The number of esters is 1. The zero-order chi connectivity index (χ0) is 12.0. The smallest absolute Gasteiger partial charge is 0.316 e. The summed E-state index contributed by atoms with van der Waals surface area (Å²) in [5.41, 5.74) is 0.840. The molecule has 0 radical (unpaired) electrons. The number of carbonyl (C=O) groups excluding carboxylic acids is 1. The molecule has 0 amide bonds. The number of ether oxygens (including phenoxy) is 1.